The van der Waals surface area contributed by atoms with Crippen molar-refractivity contribution in [2.24, 2.45) is 0 Å². The first-order valence-electron chi connectivity index (χ1n) is 7.58. The number of nitrogens with zero attached hydrogens (tertiary/aromatic N) is 1. The molecule has 1 fully saturated rings. The Kier molecular flexibility index (Phi) is 3.61. The molecule has 1 aromatic heterocycles. The van der Waals surface area contributed by atoms with Gasteiger partial charge in [0.25, 0.3) is 5.91 Å². The highest BCUT2D eigenvalue weighted by molar-refractivity contribution is 9.10. The fourth-order valence-corrected chi connectivity index (χ4v) is 3.21. The average molecular weight is 384 g/mol. The monoisotopic (exact) mass is 383 g/mol. The van der Waals surface area contributed by atoms with Gasteiger partial charge in [0.1, 0.15) is 6.04 Å². The Morgan fingerprint density at radius 3 is 2.67 bits per heavy atom. The van der Waals surface area contributed by atoms with Gasteiger partial charge in [-0.25, -0.2) is 4.90 Å². The normalized spacial score (nSPS) is 17.7. The zero-order valence-electron chi connectivity index (χ0n) is 12.6. The van der Waals surface area contributed by atoms with E-state index in [1.807, 2.05) is 42.6 Å². The van der Waals surface area contributed by atoms with E-state index < -0.39 is 6.04 Å². The van der Waals surface area contributed by atoms with Crippen molar-refractivity contribution in [3.8, 4) is 0 Å². The number of imide groups is 1. The molecule has 1 saturated heterocycles. The van der Waals surface area contributed by atoms with Gasteiger partial charge in [-0.2, -0.15) is 0 Å². The molecule has 1 aliphatic rings. The topological polar surface area (TPSA) is 65.2 Å². The number of halogens is 1. The number of carbonyl (C=O) groups excluding carboxylic acids is 2. The quantitative estimate of drug-likeness (QED) is 0.678. The molecule has 3 aromatic rings. The standard InChI is InChI=1S/C18H14BrN3O2/c19-12-2-5-14(6-3-12)22-17(23)10-16(18(22)24)21-13-4-1-11-7-8-20-15(11)9-13/h1-9,16,20-21H,10H2/t16-/m1/s1. The Morgan fingerprint density at radius 2 is 1.88 bits per heavy atom. The van der Waals surface area contributed by atoms with Crippen LogP contribution in [-0.4, -0.2) is 22.8 Å². The number of aromatic nitrogens is 1. The Hall–Kier alpha value is -2.60. The molecule has 2 heterocycles. The fraction of sp³-hybridized carbons (Fsp3) is 0.111. The molecule has 0 spiro atoms. The number of H-pyrrole nitrogens is 1. The number of hydrogen-bond donors (Lipinski definition) is 2. The summed E-state index contributed by atoms with van der Waals surface area (Å²) in [7, 11) is 0. The molecule has 0 unspecified atom stereocenters. The first-order chi connectivity index (χ1) is 11.6. The van der Waals surface area contributed by atoms with Crippen LogP contribution in [0.4, 0.5) is 11.4 Å². The number of anilines is 2. The SMILES string of the molecule is O=C1C[C@@H](Nc2ccc3cc[nH]c3c2)C(=O)N1c1ccc(Br)cc1. The van der Waals surface area contributed by atoms with Crippen LogP contribution in [-0.2, 0) is 9.59 Å². The van der Waals surface area contributed by atoms with Crippen LogP contribution in [0.2, 0.25) is 0 Å². The second-order valence-electron chi connectivity index (χ2n) is 5.72. The highest BCUT2D eigenvalue weighted by Crippen LogP contribution is 2.27. The summed E-state index contributed by atoms with van der Waals surface area (Å²) in [6, 6.07) is 14.4. The van der Waals surface area contributed by atoms with Crippen LogP contribution in [0.25, 0.3) is 10.9 Å². The first-order valence-corrected chi connectivity index (χ1v) is 8.37. The number of aromatic amines is 1. The Balaban J connectivity index is 1.57. The van der Waals surface area contributed by atoms with Crippen LogP contribution in [0, 0.1) is 0 Å². The zero-order valence-corrected chi connectivity index (χ0v) is 14.2. The Morgan fingerprint density at radius 1 is 1.08 bits per heavy atom. The second-order valence-corrected chi connectivity index (χ2v) is 6.64. The summed E-state index contributed by atoms with van der Waals surface area (Å²) in [4.78, 5) is 29.3. The molecule has 5 nitrogen and oxygen atoms in total. The summed E-state index contributed by atoms with van der Waals surface area (Å²) in [6.45, 7) is 0. The summed E-state index contributed by atoms with van der Waals surface area (Å²) in [5.41, 5.74) is 2.40. The second kappa shape index (κ2) is 5.79. The minimum atomic E-state index is -0.548. The van der Waals surface area contributed by atoms with Gasteiger partial charge in [-0.1, -0.05) is 22.0 Å². The van der Waals surface area contributed by atoms with Gasteiger partial charge >= 0.3 is 0 Å². The molecule has 2 N–H and O–H groups in total. The van der Waals surface area contributed by atoms with Gasteiger partial charge in [-0.05, 0) is 47.9 Å². The lowest BCUT2D eigenvalue weighted by molar-refractivity contribution is -0.121. The van der Waals surface area contributed by atoms with Crippen molar-refractivity contribution in [1.29, 1.82) is 0 Å². The maximum atomic E-state index is 12.6. The number of rotatable bonds is 3. The number of fused-ring (bicyclic) bond motifs is 1. The van der Waals surface area contributed by atoms with E-state index in [1.54, 1.807) is 12.1 Å². The lowest BCUT2D eigenvalue weighted by Gasteiger charge is -2.16. The molecule has 4 rings (SSSR count). The van der Waals surface area contributed by atoms with Gasteiger partial charge in [-0.3, -0.25) is 9.59 Å². The minimum absolute atomic E-state index is 0.150. The highest BCUT2D eigenvalue weighted by atomic mass is 79.9. The molecule has 0 saturated carbocycles. The Labute approximate surface area is 146 Å². The van der Waals surface area contributed by atoms with E-state index in [-0.39, 0.29) is 18.2 Å². The van der Waals surface area contributed by atoms with Crippen molar-refractivity contribution in [2.45, 2.75) is 12.5 Å². The fourth-order valence-electron chi connectivity index (χ4n) is 2.94. The summed E-state index contributed by atoms with van der Waals surface area (Å²) in [5, 5.41) is 4.28. The van der Waals surface area contributed by atoms with Crippen molar-refractivity contribution < 1.29 is 9.59 Å². The molecule has 0 radical (unpaired) electrons. The molecule has 6 heteroatoms. The van der Waals surface area contributed by atoms with E-state index in [0.717, 1.165) is 21.1 Å². The van der Waals surface area contributed by atoms with Crippen LogP contribution in [0.3, 0.4) is 0 Å². The third-order valence-electron chi connectivity index (χ3n) is 4.13. The maximum absolute atomic E-state index is 12.6. The van der Waals surface area contributed by atoms with E-state index in [0.29, 0.717) is 5.69 Å². The molecule has 0 bridgehead atoms. The van der Waals surface area contributed by atoms with Crippen LogP contribution in [0.5, 0.6) is 0 Å². The number of carbonyl (C=O) groups is 2. The number of hydrogen-bond acceptors (Lipinski definition) is 3. The summed E-state index contributed by atoms with van der Waals surface area (Å²) in [6.07, 6.45) is 2.02. The molecule has 1 atom stereocenters. The third kappa shape index (κ3) is 2.59. The van der Waals surface area contributed by atoms with Crippen LogP contribution < -0.4 is 10.2 Å². The molecular formula is C18H14BrN3O2. The minimum Gasteiger partial charge on any atom is -0.373 e. The third-order valence-corrected chi connectivity index (χ3v) is 4.66. The van der Waals surface area contributed by atoms with Crippen molar-refractivity contribution in [2.75, 3.05) is 10.2 Å². The number of amides is 2. The van der Waals surface area contributed by atoms with Crippen molar-refractivity contribution in [3.05, 3.63) is 59.2 Å². The van der Waals surface area contributed by atoms with E-state index in [9.17, 15) is 9.59 Å². The van der Waals surface area contributed by atoms with Crippen molar-refractivity contribution >= 4 is 50.0 Å². The number of benzene rings is 2. The van der Waals surface area contributed by atoms with E-state index in [1.165, 1.54) is 4.90 Å². The molecule has 24 heavy (non-hydrogen) atoms. The van der Waals surface area contributed by atoms with Gasteiger partial charge in [0.15, 0.2) is 0 Å². The largest absolute Gasteiger partial charge is 0.373 e. The van der Waals surface area contributed by atoms with Crippen molar-refractivity contribution in [1.82, 2.24) is 4.98 Å². The molecule has 2 aromatic carbocycles. The van der Waals surface area contributed by atoms with Gasteiger partial charge in [0.2, 0.25) is 5.91 Å². The van der Waals surface area contributed by atoms with Gasteiger partial charge in [-0.15, -0.1) is 0 Å². The first kappa shape index (κ1) is 15.0. The molecular weight excluding hydrogens is 370 g/mol. The van der Waals surface area contributed by atoms with E-state index in [4.69, 9.17) is 0 Å². The summed E-state index contributed by atoms with van der Waals surface area (Å²) >= 11 is 3.35. The predicted molar refractivity (Wildman–Crippen MR) is 97.0 cm³/mol. The highest BCUT2D eigenvalue weighted by Gasteiger charge is 2.39. The van der Waals surface area contributed by atoms with Crippen LogP contribution in [0.15, 0.2) is 59.2 Å². The lowest BCUT2D eigenvalue weighted by Crippen LogP contribution is -2.34. The maximum Gasteiger partial charge on any atom is 0.256 e. The molecule has 0 aliphatic carbocycles. The summed E-state index contributed by atoms with van der Waals surface area (Å²) in [5.74, 6) is -0.422. The van der Waals surface area contributed by atoms with Gasteiger partial charge in [0.05, 0.1) is 12.1 Å². The molecule has 1 aliphatic heterocycles. The molecule has 2 amide bonds. The van der Waals surface area contributed by atoms with Crippen LogP contribution >= 0.6 is 15.9 Å². The van der Waals surface area contributed by atoms with Crippen LogP contribution in [0.1, 0.15) is 6.42 Å². The summed E-state index contributed by atoms with van der Waals surface area (Å²) < 4.78 is 0.902. The zero-order chi connectivity index (χ0) is 16.7. The van der Waals surface area contributed by atoms with Crippen molar-refractivity contribution in [3.63, 3.8) is 0 Å². The average Bonchev–Trinajstić information content (AvgIpc) is 3.13. The molecule has 120 valence electrons. The predicted octanol–water partition coefficient (Wildman–Crippen LogP) is 3.67. The smallest absolute Gasteiger partial charge is 0.256 e. The number of nitrogens with one attached hydrogen (secondary N) is 2. The van der Waals surface area contributed by atoms with E-state index in [2.05, 4.69) is 26.2 Å². The van der Waals surface area contributed by atoms with E-state index >= 15 is 0 Å². The van der Waals surface area contributed by atoms with Gasteiger partial charge < -0.3 is 10.3 Å². The van der Waals surface area contributed by atoms with Gasteiger partial charge in [0, 0.05) is 21.9 Å². The lowest BCUT2D eigenvalue weighted by atomic mass is 10.2. The Bertz CT molecular complexity index is 933.